The summed E-state index contributed by atoms with van der Waals surface area (Å²) in [7, 11) is 0. The third kappa shape index (κ3) is 4.35. The highest BCUT2D eigenvalue weighted by molar-refractivity contribution is 6.35. The first-order valence-corrected chi connectivity index (χ1v) is 8.59. The first-order valence-electron chi connectivity index (χ1n) is 7.83. The molecule has 1 fully saturated rings. The quantitative estimate of drug-likeness (QED) is 0.767. The molecule has 118 valence electrons. The van der Waals surface area contributed by atoms with E-state index in [1.807, 2.05) is 19.1 Å². The SMILES string of the molecule is CCOC1(C(O)Cc2ccc(Cl)cc2Cl)CCCCCC1. The summed E-state index contributed by atoms with van der Waals surface area (Å²) in [5.74, 6) is 0. The maximum atomic E-state index is 10.8. The van der Waals surface area contributed by atoms with Crippen LogP contribution in [-0.4, -0.2) is 23.4 Å². The van der Waals surface area contributed by atoms with Crippen LogP contribution in [0.2, 0.25) is 10.0 Å². The summed E-state index contributed by atoms with van der Waals surface area (Å²) in [5, 5.41) is 12.0. The number of hydrogen-bond donors (Lipinski definition) is 1. The van der Waals surface area contributed by atoms with E-state index in [0.29, 0.717) is 23.1 Å². The number of halogens is 2. The van der Waals surface area contributed by atoms with Crippen molar-refractivity contribution in [2.75, 3.05) is 6.61 Å². The van der Waals surface area contributed by atoms with E-state index in [-0.39, 0.29) is 0 Å². The predicted molar refractivity (Wildman–Crippen MR) is 88.2 cm³/mol. The standard InChI is InChI=1S/C17H24Cl2O2/c1-2-21-17(9-5-3-4-6-10-17)16(20)11-13-7-8-14(18)12-15(13)19/h7-8,12,16,20H,2-6,9-11H2,1H3. The first-order chi connectivity index (χ1) is 10.1. The number of ether oxygens (including phenoxy) is 1. The fourth-order valence-corrected chi connectivity index (χ4v) is 3.76. The molecule has 1 atom stereocenters. The van der Waals surface area contributed by atoms with Gasteiger partial charge in [-0.25, -0.2) is 0 Å². The molecule has 0 saturated heterocycles. The highest BCUT2D eigenvalue weighted by atomic mass is 35.5. The van der Waals surface area contributed by atoms with Crippen LogP contribution in [0.1, 0.15) is 51.0 Å². The van der Waals surface area contributed by atoms with Gasteiger partial charge in [0.15, 0.2) is 0 Å². The summed E-state index contributed by atoms with van der Waals surface area (Å²) in [6.07, 6.45) is 6.51. The van der Waals surface area contributed by atoms with Crippen molar-refractivity contribution in [3.63, 3.8) is 0 Å². The average molecular weight is 331 g/mol. The lowest BCUT2D eigenvalue weighted by atomic mass is 9.84. The van der Waals surface area contributed by atoms with Gasteiger partial charge in [-0.15, -0.1) is 0 Å². The van der Waals surface area contributed by atoms with E-state index in [9.17, 15) is 5.11 Å². The average Bonchev–Trinajstić information content (AvgIpc) is 2.69. The molecular weight excluding hydrogens is 307 g/mol. The molecule has 21 heavy (non-hydrogen) atoms. The molecule has 1 N–H and O–H groups in total. The normalized spacial score (nSPS) is 20.0. The van der Waals surface area contributed by atoms with E-state index in [1.165, 1.54) is 12.8 Å². The van der Waals surface area contributed by atoms with Crippen molar-refractivity contribution in [1.82, 2.24) is 0 Å². The van der Waals surface area contributed by atoms with Crippen molar-refractivity contribution >= 4 is 23.2 Å². The monoisotopic (exact) mass is 330 g/mol. The van der Waals surface area contributed by atoms with Gasteiger partial charge in [0.25, 0.3) is 0 Å². The molecule has 4 heteroatoms. The van der Waals surface area contributed by atoms with Gasteiger partial charge >= 0.3 is 0 Å². The van der Waals surface area contributed by atoms with Gasteiger partial charge in [0.1, 0.15) is 0 Å². The Morgan fingerprint density at radius 1 is 1.19 bits per heavy atom. The van der Waals surface area contributed by atoms with Gasteiger partial charge in [-0.2, -0.15) is 0 Å². The van der Waals surface area contributed by atoms with E-state index >= 15 is 0 Å². The molecule has 0 radical (unpaired) electrons. The Morgan fingerprint density at radius 3 is 2.43 bits per heavy atom. The molecule has 2 rings (SSSR count). The number of aliphatic hydroxyl groups is 1. The van der Waals surface area contributed by atoms with Gasteiger partial charge in [0.2, 0.25) is 0 Å². The predicted octanol–water partition coefficient (Wildman–Crippen LogP) is 5.03. The van der Waals surface area contributed by atoms with Crippen LogP contribution in [-0.2, 0) is 11.2 Å². The Bertz CT molecular complexity index is 454. The van der Waals surface area contributed by atoms with Crippen molar-refractivity contribution in [3.05, 3.63) is 33.8 Å². The van der Waals surface area contributed by atoms with E-state index in [1.54, 1.807) is 6.07 Å². The van der Waals surface area contributed by atoms with Gasteiger partial charge in [0.05, 0.1) is 11.7 Å². The molecule has 0 aliphatic heterocycles. The Morgan fingerprint density at radius 2 is 1.86 bits per heavy atom. The topological polar surface area (TPSA) is 29.5 Å². The Balaban J connectivity index is 2.15. The van der Waals surface area contributed by atoms with Crippen LogP contribution < -0.4 is 0 Å². The molecule has 0 spiro atoms. The molecular formula is C17H24Cl2O2. The minimum Gasteiger partial charge on any atom is -0.390 e. The van der Waals surface area contributed by atoms with Crippen molar-refractivity contribution < 1.29 is 9.84 Å². The highest BCUT2D eigenvalue weighted by Gasteiger charge is 2.39. The van der Waals surface area contributed by atoms with Gasteiger partial charge in [-0.05, 0) is 37.5 Å². The van der Waals surface area contributed by atoms with Crippen molar-refractivity contribution in [1.29, 1.82) is 0 Å². The summed E-state index contributed by atoms with van der Waals surface area (Å²) >= 11 is 12.2. The van der Waals surface area contributed by atoms with Crippen molar-refractivity contribution in [3.8, 4) is 0 Å². The lowest BCUT2D eigenvalue weighted by Crippen LogP contribution is -2.46. The first kappa shape index (κ1) is 17.1. The molecule has 1 aromatic carbocycles. The smallest absolute Gasteiger partial charge is 0.0943 e. The molecule has 1 saturated carbocycles. The zero-order chi connectivity index (χ0) is 15.3. The van der Waals surface area contributed by atoms with Crippen LogP contribution in [0.15, 0.2) is 18.2 Å². The third-order valence-electron chi connectivity index (χ3n) is 4.42. The fourth-order valence-electron chi connectivity index (χ4n) is 3.27. The van der Waals surface area contributed by atoms with Crippen LogP contribution in [0, 0.1) is 0 Å². The van der Waals surface area contributed by atoms with Crippen LogP contribution >= 0.6 is 23.2 Å². The molecule has 1 aromatic rings. The summed E-state index contributed by atoms with van der Waals surface area (Å²) in [4.78, 5) is 0. The number of hydrogen-bond acceptors (Lipinski definition) is 2. The van der Waals surface area contributed by atoms with Crippen molar-refractivity contribution in [2.45, 2.75) is 63.6 Å². The van der Waals surface area contributed by atoms with Crippen LogP contribution in [0.5, 0.6) is 0 Å². The molecule has 0 aromatic heterocycles. The fraction of sp³-hybridized carbons (Fsp3) is 0.647. The molecule has 2 nitrogen and oxygen atoms in total. The summed E-state index contributed by atoms with van der Waals surface area (Å²) in [5.41, 5.74) is 0.505. The highest BCUT2D eigenvalue weighted by Crippen LogP contribution is 2.35. The molecule has 1 aliphatic rings. The number of aliphatic hydroxyl groups excluding tert-OH is 1. The molecule has 0 heterocycles. The zero-order valence-electron chi connectivity index (χ0n) is 12.6. The Labute approximate surface area is 137 Å². The molecule has 0 amide bonds. The van der Waals surface area contributed by atoms with E-state index in [2.05, 4.69) is 0 Å². The van der Waals surface area contributed by atoms with Crippen LogP contribution in [0.3, 0.4) is 0 Å². The Kier molecular flexibility index (Phi) is 6.36. The minimum atomic E-state index is -0.533. The summed E-state index contributed by atoms with van der Waals surface area (Å²) in [6.45, 7) is 2.63. The van der Waals surface area contributed by atoms with Gasteiger partial charge in [0, 0.05) is 23.1 Å². The minimum absolute atomic E-state index is 0.422. The maximum Gasteiger partial charge on any atom is 0.0943 e. The lowest BCUT2D eigenvalue weighted by molar-refractivity contribution is -0.128. The summed E-state index contributed by atoms with van der Waals surface area (Å²) in [6, 6.07) is 5.44. The van der Waals surface area contributed by atoms with E-state index in [4.69, 9.17) is 27.9 Å². The van der Waals surface area contributed by atoms with Crippen LogP contribution in [0.25, 0.3) is 0 Å². The zero-order valence-corrected chi connectivity index (χ0v) is 14.1. The van der Waals surface area contributed by atoms with E-state index < -0.39 is 11.7 Å². The molecule has 0 bridgehead atoms. The second-order valence-corrected chi connectivity index (χ2v) is 6.71. The van der Waals surface area contributed by atoms with Crippen molar-refractivity contribution in [2.24, 2.45) is 0 Å². The van der Waals surface area contributed by atoms with Gasteiger partial charge < -0.3 is 9.84 Å². The second kappa shape index (κ2) is 7.82. The second-order valence-electron chi connectivity index (χ2n) is 5.87. The third-order valence-corrected chi connectivity index (χ3v) is 5.00. The van der Waals surface area contributed by atoms with Gasteiger partial charge in [-0.3, -0.25) is 0 Å². The number of benzene rings is 1. The molecule has 1 unspecified atom stereocenters. The maximum absolute atomic E-state index is 10.8. The van der Waals surface area contributed by atoms with E-state index in [0.717, 1.165) is 31.2 Å². The largest absolute Gasteiger partial charge is 0.390 e. The van der Waals surface area contributed by atoms with Gasteiger partial charge in [-0.1, -0.05) is 55.0 Å². The lowest BCUT2D eigenvalue weighted by Gasteiger charge is -2.37. The number of rotatable bonds is 5. The Hall–Kier alpha value is -0.280. The van der Waals surface area contributed by atoms with Crippen LogP contribution in [0.4, 0.5) is 0 Å². The molecule has 1 aliphatic carbocycles. The summed E-state index contributed by atoms with van der Waals surface area (Å²) < 4.78 is 6.03.